The standard InChI is InChI=1S/C16H21FN4O2/c1-11(19-15(22)23-16(2,3)4)10-21-8-7-14(20-21)13-6-5-12(17)9-18-13/h5-9,11H,10H2,1-4H3,(H,19,22)/t11-/m1/s1. The number of amides is 1. The summed E-state index contributed by atoms with van der Waals surface area (Å²) in [5.41, 5.74) is 0.712. The molecule has 0 aromatic carbocycles. The van der Waals surface area contributed by atoms with E-state index in [2.05, 4.69) is 15.4 Å². The summed E-state index contributed by atoms with van der Waals surface area (Å²) in [5.74, 6) is -0.386. The van der Waals surface area contributed by atoms with Crippen LogP contribution in [0.2, 0.25) is 0 Å². The molecule has 0 spiro atoms. The Morgan fingerprint density at radius 2 is 2.09 bits per heavy atom. The Morgan fingerprint density at radius 1 is 1.35 bits per heavy atom. The molecule has 0 saturated heterocycles. The van der Waals surface area contributed by atoms with Crippen LogP contribution in [0.1, 0.15) is 27.7 Å². The van der Waals surface area contributed by atoms with Crippen molar-refractivity contribution >= 4 is 6.09 Å². The number of halogens is 1. The maximum atomic E-state index is 12.9. The average Bonchev–Trinajstić information content (AvgIpc) is 2.85. The number of hydrogen-bond acceptors (Lipinski definition) is 4. The normalized spacial score (nSPS) is 12.7. The van der Waals surface area contributed by atoms with E-state index in [1.54, 1.807) is 23.0 Å². The maximum absolute atomic E-state index is 12.9. The maximum Gasteiger partial charge on any atom is 0.407 e. The predicted molar refractivity (Wildman–Crippen MR) is 84.2 cm³/mol. The fourth-order valence-corrected chi connectivity index (χ4v) is 1.96. The molecule has 0 aliphatic rings. The Morgan fingerprint density at radius 3 is 2.70 bits per heavy atom. The number of carbonyl (C=O) groups excluding carboxylic acids is 1. The Labute approximate surface area is 134 Å². The lowest BCUT2D eigenvalue weighted by molar-refractivity contribution is 0.0503. The molecule has 7 heteroatoms. The zero-order valence-electron chi connectivity index (χ0n) is 13.7. The molecule has 0 saturated carbocycles. The van der Waals surface area contributed by atoms with Gasteiger partial charge in [0.25, 0.3) is 0 Å². The van der Waals surface area contributed by atoms with E-state index in [1.165, 1.54) is 6.07 Å². The predicted octanol–water partition coefficient (Wildman–Crippen LogP) is 3.00. The zero-order valence-corrected chi connectivity index (χ0v) is 13.7. The molecule has 0 unspecified atom stereocenters. The van der Waals surface area contributed by atoms with Gasteiger partial charge in [0.2, 0.25) is 0 Å². The first-order valence-corrected chi connectivity index (χ1v) is 7.38. The van der Waals surface area contributed by atoms with Gasteiger partial charge in [-0.2, -0.15) is 5.10 Å². The highest BCUT2D eigenvalue weighted by atomic mass is 19.1. The molecule has 0 aliphatic carbocycles. The van der Waals surface area contributed by atoms with Crippen LogP contribution in [-0.4, -0.2) is 32.5 Å². The number of alkyl carbamates (subject to hydrolysis) is 1. The Bertz CT molecular complexity index is 661. The van der Waals surface area contributed by atoms with Gasteiger partial charge in [-0.05, 0) is 45.9 Å². The van der Waals surface area contributed by atoms with E-state index < -0.39 is 11.7 Å². The van der Waals surface area contributed by atoms with Crippen molar-refractivity contribution in [1.82, 2.24) is 20.1 Å². The summed E-state index contributed by atoms with van der Waals surface area (Å²) in [6, 6.07) is 4.55. The second-order valence-electron chi connectivity index (χ2n) is 6.33. The van der Waals surface area contributed by atoms with Crippen molar-refractivity contribution in [3.8, 4) is 11.4 Å². The molecule has 0 aliphatic heterocycles. The molecule has 0 radical (unpaired) electrons. The third kappa shape index (κ3) is 5.36. The van der Waals surface area contributed by atoms with Crippen LogP contribution in [0.3, 0.4) is 0 Å². The highest BCUT2D eigenvalue weighted by molar-refractivity contribution is 5.68. The minimum absolute atomic E-state index is 0.154. The van der Waals surface area contributed by atoms with Crippen molar-refractivity contribution in [2.24, 2.45) is 0 Å². The summed E-state index contributed by atoms with van der Waals surface area (Å²) in [7, 11) is 0. The quantitative estimate of drug-likeness (QED) is 0.940. The van der Waals surface area contributed by atoms with Crippen LogP contribution >= 0.6 is 0 Å². The first-order valence-electron chi connectivity index (χ1n) is 7.38. The number of aromatic nitrogens is 3. The molecular formula is C16H21FN4O2. The van der Waals surface area contributed by atoms with Crippen LogP contribution in [0.25, 0.3) is 11.4 Å². The van der Waals surface area contributed by atoms with Crippen molar-refractivity contribution in [3.05, 3.63) is 36.4 Å². The second-order valence-corrected chi connectivity index (χ2v) is 6.33. The van der Waals surface area contributed by atoms with E-state index >= 15 is 0 Å². The molecule has 1 atom stereocenters. The van der Waals surface area contributed by atoms with Gasteiger partial charge in [-0.1, -0.05) is 0 Å². The molecule has 2 aromatic heterocycles. The monoisotopic (exact) mass is 320 g/mol. The number of nitrogens with zero attached hydrogens (tertiary/aromatic N) is 3. The first-order chi connectivity index (χ1) is 10.7. The van der Waals surface area contributed by atoms with Gasteiger partial charge in [-0.3, -0.25) is 9.67 Å². The van der Waals surface area contributed by atoms with E-state index in [-0.39, 0.29) is 11.9 Å². The number of nitrogens with one attached hydrogen (secondary N) is 1. The minimum atomic E-state index is -0.531. The summed E-state index contributed by atoms with van der Waals surface area (Å²) in [6.07, 6.45) is 2.48. The Balaban J connectivity index is 1.93. The highest BCUT2D eigenvalue weighted by Gasteiger charge is 2.18. The zero-order chi connectivity index (χ0) is 17.0. The molecule has 1 N–H and O–H groups in total. The van der Waals surface area contributed by atoms with Crippen molar-refractivity contribution in [2.45, 2.75) is 45.9 Å². The van der Waals surface area contributed by atoms with Crippen LogP contribution in [0.4, 0.5) is 9.18 Å². The van der Waals surface area contributed by atoms with Gasteiger partial charge in [-0.25, -0.2) is 9.18 Å². The van der Waals surface area contributed by atoms with Crippen molar-refractivity contribution in [3.63, 3.8) is 0 Å². The first kappa shape index (κ1) is 16.9. The second kappa shape index (κ2) is 6.76. The van der Waals surface area contributed by atoms with Crippen LogP contribution < -0.4 is 5.32 Å². The van der Waals surface area contributed by atoms with Crippen LogP contribution in [0.15, 0.2) is 30.6 Å². The fraction of sp³-hybridized carbons (Fsp3) is 0.438. The molecule has 0 bridgehead atoms. The molecule has 2 aromatic rings. The molecule has 0 fully saturated rings. The van der Waals surface area contributed by atoms with Gasteiger partial charge < -0.3 is 10.1 Å². The average molecular weight is 320 g/mol. The molecule has 2 heterocycles. The number of carbonyl (C=O) groups is 1. The van der Waals surface area contributed by atoms with Crippen LogP contribution in [0, 0.1) is 5.82 Å². The van der Waals surface area contributed by atoms with E-state index in [0.29, 0.717) is 17.9 Å². The van der Waals surface area contributed by atoms with Crippen LogP contribution in [-0.2, 0) is 11.3 Å². The van der Waals surface area contributed by atoms with Gasteiger partial charge in [0.05, 0.1) is 18.4 Å². The summed E-state index contributed by atoms with van der Waals surface area (Å²) in [5, 5.41) is 7.13. The summed E-state index contributed by atoms with van der Waals surface area (Å²) >= 11 is 0. The van der Waals surface area contributed by atoms with Gasteiger partial charge in [-0.15, -0.1) is 0 Å². The number of hydrogen-bond donors (Lipinski definition) is 1. The fourth-order valence-electron chi connectivity index (χ4n) is 1.96. The third-order valence-corrected chi connectivity index (χ3v) is 2.85. The lowest BCUT2D eigenvalue weighted by Gasteiger charge is -2.21. The summed E-state index contributed by atoms with van der Waals surface area (Å²) < 4.78 is 19.8. The van der Waals surface area contributed by atoms with Crippen LogP contribution in [0.5, 0.6) is 0 Å². The molecule has 124 valence electrons. The molecule has 23 heavy (non-hydrogen) atoms. The van der Waals surface area contributed by atoms with Gasteiger partial charge in [0.1, 0.15) is 17.1 Å². The van der Waals surface area contributed by atoms with E-state index in [0.717, 1.165) is 6.20 Å². The Kier molecular flexibility index (Phi) is 4.98. The highest BCUT2D eigenvalue weighted by Crippen LogP contribution is 2.14. The number of pyridine rings is 1. The topological polar surface area (TPSA) is 69.0 Å². The Hall–Kier alpha value is -2.44. The largest absolute Gasteiger partial charge is 0.444 e. The van der Waals surface area contributed by atoms with Gasteiger partial charge >= 0.3 is 6.09 Å². The van der Waals surface area contributed by atoms with Gasteiger partial charge in [0, 0.05) is 12.2 Å². The van der Waals surface area contributed by atoms with Crippen molar-refractivity contribution in [1.29, 1.82) is 0 Å². The summed E-state index contributed by atoms with van der Waals surface area (Å²) in [4.78, 5) is 15.7. The molecule has 6 nitrogen and oxygen atoms in total. The molecular weight excluding hydrogens is 299 g/mol. The lowest BCUT2D eigenvalue weighted by Crippen LogP contribution is -2.39. The lowest BCUT2D eigenvalue weighted by atomic mass is 10.2. The number of ether oxygens (including phenoxy) is 1. The number of rotatable bonds is 4. The molecule has 1 amide bonds. The SMILES string of the molecule is C[C@H](Cn1ccc(-c2ccc(F)cn2)n1)NC(=O)OC(C)(C)C. The third-order valence-electron chi connectivity index (χ3n) is 2.85. The smallest absolute Gasteiger partial charge is 0.407 e. The minimum Gasteiger partial charge on any atom is -0.444 e. The van der Waals surface area contributed by atoms with Gasteiger partial charge in [0.15, 0.2) is 0 Å². The van der Waals surface area contributed by atoms with E-state index in [1.807, 2.05) is 27.7 Å². The van der Waals surface area contributed by atoms with Crippen molar-refractivity contribution < 1.29 is 13.9 Å². The summed E-state index contributed by atoms with van der Waals surface area (Å²) in [6.45, 7) is 7.79. The molecule has 2 rings (SSSR count). The van der Waals surface area contributed by atoms with Crippen molar-refractivity contribution in [2.75, 3.05) is 0 Å². The van der Waals surface area contributed by atoms with E-state index in [9.17, 15) is 9.18 Å². The van der Waals surface area contributed by atoms with E-state index in [4.69, 9.17) is 4.74 Å².